The quantitative estimate of drug-likeness (QED) is 0.605. The normalized spacial score (nSPS) is 29.8. The molecule has 2 aliphatic rings. The van der Waals surface area contributed by atoms with Crippen molar-refractivity contribution in [2.45, 2.75) is 76.3 Å². The molecule has 0 spiro atoms. The molecule has 0 aliphatic heterocycles. The zero-order chi connectivity index (χ0) is 14.4. The van der Waals surface area contributed by atoms with Gasteiger partial charge in [-0.15, -0.1) is 0 Å². The molecule has 4 heteroatoms. The molecule has 2 rings (SSSR count). The summed E-state index contributed by atoms with van der Waals surface area (Å²) in [4.78, 5) is 12.0. The maximum Gasteiger partial charge on any atom is 0.238 e. The van der Waals surface area contributed by atoms with Crippen molar-refractivity contribution in [2.75, 3.05) is 13.2 Å². The average molecular weight is 282 g/mol. The number of carbonyl (C=O) groups excluding carboxylic acids is 1. The number of hydrogen-bond acceptors (Lipinski definition) is 3. The Morgan fingerprint density at radius 1 is 1.30 bits per heavy atom. The molecule has 2 atom stereocenters. The smallest absolute Gasteiger partial charge is 0.238 e. The molecule has 0 aromatic heterocycles. The van der Waals surface area contributed by atoms with Crippen LogP contribution in [0.25, 0.3) is 0 Å². The number of rotatable bonds is 10. The Balaban J connectivity index is 1.77. The second kappa shape index (κ2) is 7.41. The number of hydrogen-bond donors (Lipinski definition) is 2. The standard InChI is InChI=1S/C16H30N2O2/c1-2-3-4-11-20-12-9-13-6-5-10-16(13,15(17)19)18-14-7-8-14/h13-14,18H,2-12H2,1H3,(H2,17,19). The molecule has 116 valence electrons. The number of carbonyl (C=O) groups is 1. The maximum atomic E-state index is 12.0. The molecule has 0 heterocycles. The molecule has 0 aromatic carbocycles. The fourth-order valence-corrected chi connectivity index (χ4v) is 3.43. The Morgan fingerprint density at radius 2 is 2.10 bits per heavy atom. The second-order valence-electron chi connectivity index (χ2n) is 6.45. The van der Waals surface area contributed by atoms with Crippen LogP contribution < -0.4 is 11.1 Å². The minimum Gasteiger partial charge on any atom is -0.381 e. The van der Waals surface area contributed by atoms with Gasteiger partial charge in [-0.05, 0) is 44.4 Å². The van der Waals surface area contributed by atoms with Gasteiger partial charge in [0.25, 0.3) is 0 Å². The molecule has 0 bridgehead atoms. The van der Waals surface area contributed by atoms with Gasteiger partial charge in [-0.3, -0.25) is 4.79 Å². The summed E-state index contributed by atoms with van der Waals surface area (Å²) in [7, 11) is 0. The van der Waals surface area contributed by atoms with E-state index >= 15 is 0 Å². The number of nitrogens with one attached hydrogen (secondary N) is 1. The van der Waals surface area contributed by atoms with Crippen molar-refractivity contribution in [3.63, 3.8) is 0 Å². The Hall–Kier alpha value is -0.610. The summed E-state index contributed by atoms with van der Waals surface area (Å²) in [6.45, 7) is 3.80. The van der Waals surface area contributed by atoms with Crippen molar-refractivity contribution in [1.82, 2.24) is 5.32 Å². The highest BCUT2D eigenvalue weighted by molar-refractivity contribution is 5.85. The van der Waals surface area contributed by atoms with E-state index < -0.39 is 5.54 Å². The van der Waals surface area contributed by atoms with Crippen LogP contribution in [0, 0.1) is 5.92 Å². The molecule has 0 radical (unpaired) electrons. The van der Waals surface area contributed by atoms with Crippen LogP contribution in [0.5, 0.6) is 0 Å². The van der Waals surface area contributed by atoms with Crippen LogP contribution in [0.15, 0.2) is 0 Å². The Bertz CT molecular complexity index is 318. The van der Waals surface area contributed by atoms with E-state index in [0.717, 1.165) is 45.3 Å². The number of primary amides is 1. The van der Waals surface area contributed by atoms with Gasteiger partial charge in [0.05, 0.1) is 0 Å². The molecule has 3 N–H and O–H groups in total. The molecule has 1 amide bonds. The van der Waals surface area contributed by atoms with E-state index in [-0.39, 0.29) is 5.91 Å². The van der Waals surface area contributed by atoms with Crippen molar-refractivity contribution in [1.29, 1.82) is 0 Å². The first-order valence-corrected chi connectivity index (χ1v) is 8.34. The average Bonchev–Trinajstić information content (AvgIpc) is 3.13. The van der Waals surface area contributed by atoms with E-state index in [0.29, 0.717) is 12.0 Å². The summed E-state index contributed by atoms with van der Waals surface area (Å²) >= 11 is 0. The second-order valence-corrected chi connectivity index (χ2v) is 6.45. The van der Waals surface area contributed by atoms with Gasteiger partial charge in [0, 0.05) is 19.3 Å². The Labute approximate surface area is 122 Å². The highest BCUT2D eigenvalue weighted by atomic mass is 16.5. The fourth-order valence-electron chi connectivity index (χ4n) is 3.43. The first-order valence-electron chi connectivity index (χ1n) is 8.34. The third-order valence-electron chi connectivity index (χ3n) is 4.80. The van der Waals surface area contributed by atoms with Crippen LogP contribution >= 0.6 is 0 Å². The SMILES string of the molecule is CCCCCOCCC1CCCC1(NC1CC1)C(N)=O. The topological polar surface area (TPSA) is 64.3 Å². The monoisotopic (exact) mass is 282 g/mol. The maximum absolute atomic E-state index is 12.0. The highest BCUT2D eigenvalue weighted by Gasteiger charge is 2.49. The van der Waals surface area contributed by atoms with Gasteiger partial charge in [0.1, 0.15) is 5.54 Å². The molecule has 2 saturated carbocycles. The summed E-state index contributed by atoms with van der Waals surface area (Å²) in [6.07, 6.45) is 10.0. The molecule has 2 fully saturated rings. The number of amides is 1. The summed E-state index contributed by atoms with van der Waals surface area (Å²) in [5.41, 5.74) is 5.28. The molecule has 2 unspecified atom stereocenters. The third-order valence-corrected chi connectivity index (χ3v) is 4.80. The molecule has 4 nitrogen and oxygen atoms in total. The molecule has 0 aromatic rings. The van der Waals surface area contributed by atoms with E-state index in [2.05, 4.69) is 12.2 Å². The zero-order valence-electron chi connectivity index (χ0n) is 12.8. The van der Waals surface area contributed by atoms with E-state index in [1.54, 1.807) is 0 Å². The van der Waals surface area contributed by atoms with Crippen LogP contribution in [0.3, 0.4) is 0 Å². The van der Waals surface area contributed by atoms with Crippen LogP contribution in [-0.2, 0) is 9.53 Å². The highest BCUT2D eigenvalue weighted by Crippen LogP contribution is 2.40. The largest absolute Gasteiger partial charge is 0.381 e. The van der Waals surface area contributed by atoms with Gasteiger partial charge in [0.15, 0.2) is 0 Å². The van der Waals surface area contributed by atoms with E-state index in [1.807, 2.05) is 0 Å². The lowest BCUT2D eigenvalue weighted by molar-refractivity contribution is -0.126. The van der Waals surface area contributed by atoms with Gasteiger partial charge in [-0.1, -0.05) is 26.2 Å². The summed E-state index contributed by atoms with van der Waals surface area (Å²) in [6, 6.07) is 0.522. The molecular formula is C16H30N2O2. The number of unbranched alkanes of at least 4 members (excludes halogenated alkanes) is 2. The van der Waals surface area contributed by atoms with Gasteiger partial charge in [-0.25, -0.2) is 0 Å². The van der Waals surface area contributed by atoms with Crippen molar-refractivity contribution >= 4 is 5.91 Å². The lowest BCUT2D eigenvalue weighted by Crippen LogP contribution is -2.58. The molecule has 0 saturated heterocycles. The lowest BCUT2D eigenvalue weighted by Gasteiger charge is -2.34. The van der Waals surface area contributed by atoms with E-state index in [9.17, 15) is 4.79 Å². The first kappa shape index (κ1) is 15.8. The Kier molecular flexibility index (Phi) is 5.85. The van der Waals surface area contributed by atoms with Gasteiger partial charge in [0.2, 0.25) is 5.91 Å². The predicted molar refractivity (Wildman–Crippen MR) is 80.4 cm³/mol. The molecule has 20 heavy (non-hydrogen) atoms. The van der Waals surface area contributed by atoms with Crippen molar-refractivity contribution in [3.05, 3.63) is 0 Å². The van der Waals surface area contributed by atoms with Crippen LogP contribution in [0.4, 0.5) is 0 Å². The van der Waals surface area contributed by atoms with Gasteiger partial charge in [-0.2, -0.15) is 0 Å². The summed E-state index contributed by atoms with van der Waals surface area (Å²) in [5, 5.41) is 3.55. The zero-order valence-corrected chi connectivity index (χ0v) is 12.8. The minimum atomic E-state index is -0.450. The van der Waals surface area contributed by atoms with E-state index in [1.165, 1.54) is 25.7 Å². The minimum absolute atomic E-state index is 0.155. The molecular weight excluding hydrogens is 252 g/mol. The predicted octanol–water partition coefficient (Wildman–Crippen LogP) is 2.36. The Morgan fingerprint density at radius 3 is 2.75 bits per heavy atom. The van der Waals surface area contributed by atoms with Crippen LogP contribution in [0.2, 0.25) is 0 Å². The number of nitrogens with two attached hydrogens (primary N) is 1. The van der Waals surface area contributed by atoms with E-state index in [4.69, 9.17) is 10.5 Å². The van der Waals surface area contributed by atoms with Gasteiger partial charge >= 0.3 is 0 Å². The summed E-state index contributed by atoms with van der Waals surface area (Å²) in [5.74, 6) is 0.199. The first-order chi connectivity index (χ1) is 9.69. The van der Waals surface area contributed by atoms with Crippen LogP contribution in [0.1, 0.15) is 64.7 Å². The fraction of sp³-hybridized carbons (Fsp3) is 0.938. The molecule has 2 aliphatic carbocycles. The third kappa shape index (κ3) is 3.95. The van der Waals surface area contributed by atoms with Gasteiger partial charge < -0.3 is 15.8 Å². The van der Waals surface area contributed by atoms with Crippen molar-refractivity contribution in [2.24, 2.45) is 11.7 Å². The van der Waals surface area contributed by atoms with Crippen molar-refractivity contribution < 1.29 is 9.53 Å². The van der Waals surface area contributed by atoms with Crippen LogP contribution in [-0.4, -0.2) is 30.7 Å². The lowest BCUT2D eigenvalue weighted by atomic mass is 9.84. The summed E-state index contributed by atoms with van der Waals surface area (Å²) < 4.78 is 5.71. The number of ether oxygens (including phenoxy) is 1. The van der Waals surface area contributed by atoms with Crippen molar-refractivity contribution in [3.8, 4) is 0 Å².